The van der Waals surface area contributed by atoms with Crippen LogP contribution < -0.4 is 4.72 Å². The fourth-order valence-electron chi connectivity index (χ4n) is 6.84. The fraction of sp³-hybridized carbons (Fsp3) is 0.652. The van der Waals surface area contributed by atoms with E-state index in [0.29, 0.717) is 53.2 Å². The predicted molar refractivity (Wildman–Crippen MR) is 116 cm³/mol. The molecule has 0 saturated heterocycles. The summed E-state index contributed by atoms with van der Waals surface area (Å²) in [4.78, 5) is 25.9. The highest BCUT2D eigenvalue weighted by atomic mass is 79.9. The number of Topliss-reactive ketones (excluding diaryl/α,β-unsaturated/α-hetero) is 2. The first kappa shape index (κ1) is 20.8. The SMILES string of the molecule is CC(=O)C12CC3CC(C1)C(CC(=O)C1(NS(=O)(=O)c4ccccc4Br)CC1)C(C3)C2. The van der Waals surface area contributed by atoms with E-state index >= 15 is 0 Å². The molecule has 1 aromatic rings. The second-order valence-corrected chi connectivity index (χ2v) is 12.7. The van der Waals surface area contributed by atoms with Gasteiger partial charge in [0.15, 0.2) is 5.78 Å². The van der Waals surface area contributed by atoms with Crippen LogP contribution in [0.4, 0.5) is 0 Å². The maximum Gasteiger partial charge on any atom is 0.242 e. The van der Waals surface area contributed by atoms with Gasteiger partial charge in [-0.1, -0.05) is 12.1 Å². The first-order valence-corrected chi connectivity index (χ1v) is 13.2. The molecule has 5 aliphatic carbocycles. The lowest BCUT2D eigenvalue weighted by atomic mass is 9.45. The van der Waals surface area contributed by atoms with E-state index in [1.54, 1.807) is 31.2 Å². The number of nitrogens with one attached hydrogen (secondary N) is 1. The van der Waals surface area contributed by atoms with Crippen LogP contribution in [0.5, 0.6) is 0 Å². The Morgan fingerprint density at radius 2 is 1.73 bits per heavy atom. The van der Waals surface area contributed by atoms with E-state index in [1.807, 2.05) is 0 Å². The number of halogens is 1. The van der Waals surface area contributed by atoms with E-state index in [9.17, 15) is 18.0 Å². The first-order valence-electron chi connectivity index (χ1n) is 11.0. The lowest BCUT2D eigenvalue weighted by molar-refractivity contribution is -0.150. The average molecular weight is 494 g/mol. The summed E-state index contributed by atoms with van der Waals surface area (Å²) in [5.74, 6) is 2.15. The molecule has 5 saturated carbocycles. The molecule has 2 atom stereocenters. The Balaban J connectivity index is 1.32. The Morgan fingerprint density at radius 3 is 2.30 bits per heavy atom. The van der Waals surface area contributed by atoms with Crippen LogP contribution in [0.15, 0.2) is 33.6 Å². The third-order valence-electron chi connectivity index (χ3n) is 8.38. The fourth-order valence-corrected chi connectivity index (χ4v) is 9.29. The molecule has 5 nitrogen and oxygen atoms in total. The van der Waals surface area contributed by atoms with Gasteiger partial charge in [-0.25, -0.2) is 8.42 Å². The summed E-state index contributed by atoms with van der Waals surface area (Å²) >= 11 is 3.30. The summed E-state index contributed by atoms with van der Waals surface area (Å²) in [6, 6.07) is 6.68. The number of benzene rings is 1. The second kappa shape index (κ2) is 6.97. The van der Waals surface area contributed by atoms with Gasteiger partial charge in [0.2, 0.25) is 10.0 Å². The summed E-state index contributed by atoms with van der Waals surface area (Å²) in [5.41, 5.74) is -1.09. The Kier molecular flexibility index (Phi) is 4.84. The quantitative estimate of drug-likeness (QED) is 0.615. The molecule has 2 unspecified atom stereocenters. The van der Waals surface area contributed by atoms with Gasteiger partial charge in [-0.15, -0.1) is 0 Å². The van der Waals surface area contributed by atoms with Gasteiger partial charge in [-0.3, -0.25) is 9.59 Å². The van der Waals surface area contributed by atoms with E-state index in [0.717, 1.165) is 32.1 Å². The minimum absolute atomic E-state index is 0.0347. The molecule has 30 heavy (non-hydrogen) atoms. The van der Waals surface area contributed by atoms with Gasteiger partial charge in [0.1, 0.15) is 5.78 Å². The first-order chi connectivity index (χ1) is 14.1. The molecule has 1 N–H and O–H groups in total. The highest BCUT2D eigenvalue weighted by molar-refractivity contribution is 9.10. The lowest BCUT2D eigenvalue weighted by Crippen LogP contribution is -2.54. The van der Waals surface area contributed by atoms with Crippen LogP contribution in [0.2, 0.25) is 0 Å². The van der Waals surface area contributed by atoms with E-state index in [2.05, 4.69) is 20.7 Å². The Morgan fingerprint density at radius 1 is 1.10 bits per heavy atom. The molecule has 0 amide bonds. The van der Waals surface area contributed by atoms with Crippen molar-refractivity contribution in [1.29, 1.82) is 0 Å². The van der Waals surface area contributed by atoms with Crippen molar-refractivity contribution in [3.8, 4) is 0 Å². The van der Waals surface area contributed by atoms with Gasteiger partial charge in [0.25, 0.3) is 0 Å². The van der Waals surface area contributed by atoms with Crippen LogP contribution in [0.1, 0.15) is 58.3 Å². The Labute approximate surface area is 186 Å². The number of carbonyl (C=O) groups excluding carboxylic acids is 2. The summed E-state index contributed by atoms with van der Waals surface area (Å²) in [6.45, 7) is 1.74. The molecule has 5 fully saturated rings. The largest absolute Gasteiger partial charge is 0.299 e. The van der Waals surface area contributed by atoms with Crippen LogP contribution in [0.3, 0.4) is 0 Å². The third-order valence-corrected chi connectivity index (χ3v) is 10.9. The van der Waals surface area contributed by atoms with Crippen LogP contribution in [0, 0.1) is 29.1 Å². The second-order valence-electron chi connectivity index (χ2n) is 10.2. The smallest absolute Gasteiger partial charge is 0.242 e. The van der Waals surface area contributed by atoms with Crippen LogP contribution >= 0.6 is 15.9 Å². The van der Waals surface area contributed by atoms with Gasteiger partial charge in [-0.05, 0) is 104 Å². The predicted octanol–water partition coefficient (Wildman–Crippen LogP) is 4.25. The molecule has 1 aromatic carbocycles. The molecule has 7 heteroatoms. The van der Waals surface area contributed by atoms with Gasteiger partial charge >= 0.3 is 0 Å². The number of hydrogen-bond acceptors (Lipinski definition) is 4. The molecule has 5 aliphatic rings. The Hall–Kier alpha value is -1.05. The normalized spacial score (nSPS) is 35.9. The molecule has 4 bridgehead atoms. The van der Waals surface area contributed by atoms with Crippen molar-refractivity contribution in [1.82, 2.24) is 4.72 Å². The van der Waals surface area contributed by atoms with Crippen molar-refractivity contribution >= 4 is 37.5 Å². The minimum Gasteiger partial charge on any atom is -0.299 e. The topological polar surface area (TPSA) is 80.3 Å². The molecule has 6 rings (SSSR count). The highest BCUT2D eigenvalue weighted by Gasteiger charge is 2.59. The standard InChI is InChI=1S/C23H28BrNO4S/c1-14(26)22-11-15-8-16(12-22)18(17(9-15)13-22)10-21(27)23(6-7-23)25-30(28,29)20-5-3-2-4-19(20)24/h2-5,15-18,25H,6-13H2,1H3. The van der Waals surface area contributed by atoms with Gasteiger partial charge in [0, 0.05) is 16.3 Å². The van der Waals surface area contributed by atoms with Crippen molar-refractivity contribution < 1.29 is 18.0 Å². The summed E-state index contributed by atoms with van der Waals surface area (Å²) < 4.78 is 29.1. The molecule has 0 aromatic heterocycles. The van der Waals surface area contributed by atoms with Crippen molar-refractivity contribution in [2.75, 3.05) is 0 Å². The van der Waals surface area contributed by atoms with E-state index < -0.39 is 15.6 Å². The highest BCUT2D eigenvalue weighted by Crippen LogP contribution is 2.63. The van der Waals surface area contributed by atoms with Gasteiger partial charge < -0.3 is 0 Å². The summed E-state index contributed by atoms with van der Waals surface area (Å²) in [7, 11) is -3.78. The maximum absolute atomic E-state index is 13.3. The summed E-state index contributed by atoms with van der Waals surface area (Å²) in [6.07, 6.45) is 6.69. The number of carbonyl (C=O) groups is 2. The van der Waals surface area contributed by atoms with E-state index in [4.69, 9.17) is 0 Å². The van der Waals surface area contributed by atoms with E-state index in [1.165, 1.54) is 0 Å². The van der Waals surface area contributed by atoms with Crippen LogP contribution in [-0.4, -0.2) is 25.5 Å². The lowest BCUT2D eigenvalue weighted by Gasteiger charge is -2.59. The number of ketones is 2. The Bertz CT molecular complexity index is 1000. The number of hydrogen-bond donors (Lipinski definition) is 1. The third kappa shape index (κ3) is 3.32. The van der Waals surface area contributed by atoms with Crippen molar-refractivity contribution in [3.63, 3.8) is 0 Å². The van der Waals surface area contributed by atoms with Gasteiger partial charge in [-0.2, -0.15) is 4.72 Å². The van der Waals surface area contributed by atoms with Crippen molar-refractivity contribution in [2.45, 2.75) is 68.7 Å². The average Bonchev–Trinajstić information content (AvgIpc) is 3.44. The molecular formula is C23H28BrNO4S. The zero-order valence-corrected chi connectivity index (χ0v) is 19.6. The monoisotopic (exact) mass is 493 g/mol. The molecule has 0 radical (unpaired) electrons. The van der Waals surface area contributed by atoms with Crippen molar-refractivity contribution in [2.24, 2.45) is 29.1 Å². The molecule has 0 heterocycles. The van der Waals surface area contributed by atoms with Crippen LogP contribution in [-0.2, 0) is 19.6 Å². The zero-order valence-electron chi connectivity index (χ0n) is 17.2. The molecule has 162 valence electrons. The van der Waals surface area contributed by atoms with E-state index in [-0.39, 0.29) is 16.1 Å². The summed E-state index contributed by atoms with van der Waals surface area (Å²) in [5, 5.41) is 0. The maximum atomic E-state index is 13.3. The van der Waals surface area contributed by atoms with Crippen molar-refractivity contribution in [3.05, 3.63) is 28.7 Å². The molecular weight excluding hydrogens is 466 g/mol. The minimum atomic E-state index is -3.78. The molecule has 0 spiro atoms. The molecule has 0 aliphatic heterocycles. The number of sulfonamides is 1. The zero-order chi connectivity index (χ0) is 21.3. The van der Waals surface area contributed by atoms with Gasteiger partial charge in [0.05, 0.1) is 10.4 Å². The van der Waals surface area contributed by atoms with Crippen LogP contribution in [0.25, 0.3) is 0 Å². The number of rotatable bonds is 7.